The van der Waals surface area contributed by atoms with Crippen LogP contribution in [0, 0.1) is 6.92 Å². The second-order valence-corrected chi connectivity index (χ2v) is 6.10. The van der Waals surface area contributed by atoms with Crippen LogP contribution in [0.1, 0.15) is 29.5 Å². The largest absolute Gasteiger partial charge is 0.409 e. The first-order chi connectivity index (χ1) is 10.0. The fourth-order valence-corrected chi connectivity index (χ4v) is 2.99. The summed E-state index contributed by atoms with van der Waals surface area (Å²) in [6.45, 7) is 5.35. The Morgan fingerprint density at radius 2 is 2.29 bits per heavy atom. The van der Waals surface area contributed by atoms with Crippen molar-refractivity contribution in [3.8, 4) is 0 Å². The number of rotatable bonds is 4. The van der Waals surface area contributed by atoms with Crippen LogP contribution < -0.4 is 5.73 Å². The highest BCUT2D eigenvalue weighted by atomic mass is 16.4. The molecule has 1 atom stereocenters. The van der Waals surface area contributed by atoms with Crippen LogP contribution in [0.4, 0.5) is 0 Å². The number of nitrogens with zero attached hydrogens (tertiary/aromatic N) is 3. The van der Waals surface area contributed by atoms with E-state index >= 15 is 0 Å². The number of oxime groups is 1. The predicted molar refractivity (Wildman–Crippen MR) is 85.7 cm³/mol. The second kappa shape index (κ2) is 6.91. The molecular weight excluding hydrogens is 264 g/mol. The van der Waals surface area contributed by atoms with E-state index in [4.69, 9.17) is 10.9 Å². The van der Waals surface area contributed by atoms with E-state index in [9.17, 15) is 0 Å². The zero-order valence-electron chi connectivity index (χ0n) is 13.2. The number of benzene rings is 1. The van der Waals surface area contributed by atoms with Gasteiger partial charge in [0.05, 0.1) is 0 Å². The molecule has 2 rings (SSSR count). The van der Waals surface area contributed by atoms with Gasteiger partial charge in [-0.15, -0.1) is 0 Å². The highest BCUT2D eigenvalue weighted by Gasteiger charge is 2.21. The van der Waals surface area contributed by atoms with Gasteiger partial charge in [-0.25, -0.2) is 0 Å². The quantitative estimate of drug-likeness (QED) is 0.383. The minimum Gasteiger partial charge on any atom is -0.409 e. The van der Waals surface area contributed by atoms with E-state index in [2.05, 4.69) is 42.0 Å². The number of likely N-dealkylation sites (N-methyl/N-ethyl adjacent to an activating group) is 2. The van der Waals surface area contributed by atoms with Gasteiger partial charge in [-0.05, 0) is 57.6 Å². The minimum atomic E-state index is 0.159. The monoisotopic (exact) mass is 290 g/mol. The van der Waals surface area contributed by atoms with E-state index in [0.29, 0.717) is 6.04 Å². The third-order valence-corrected chi connectivity index (χ3v) is 4.39. The van der Waals surface area contributed by atoms with Gasteiger partial charge in [0.15, 0.2) is 5.84 Å². The zero-order chi connectivity index (χ0) is 15.4. The lowest BCUT2D eigenvalue weighted by Crippen LogP contribution is -2.44. The van der Waals surface area contributed by atoms with Crippen LogP contribution in [0.5, 0.6) is 0 Å². The van der Waals surface area contributed by atoms with Crippen molar-refractivity contribution >= 4 is 5.84 Å². The number of aryl methyl sites for hydroxylation is 1. The summed E-state index contributed by atoms with van der Waals surface area (Å²) < 4.78 is 0. The maximum absolute atomic E-state index is 8.74. The predicted octanol–water partition coefficient (Wildman–Crippen LogP) is 1.62. The van der Waals surface area contributed by atoms with Crippen molar-refractivity contribution in [2.45, 2.75) is 32.4 Å². The van der Waals surface area contributed by atoms with Crippen LogP contribution >= 0.6 is 0 Å². The molecule has 5 nitrogen and oxygen atoms in total. The molecule has 0 radical (unpaired) electrons. The Balaban J connectivity index is 2.05. The van der Waals surface area contributed by atoms with Crippen LogP contribution in [-0.2, 0) is 6.54 Å². The van der Waals surface area contributed by atoms with E-state index in [1.807, 2.05) is 12.1 Å². The fraction of sp³-hybridized carbons (Fsp3) is 0.562. The van der Waals surface area contributed by atoms with Crippen molar-refractivity contribution in [1.29, 1.82) is 0 Å². The van der Waals surface area contributed by atoms with Gasteiger partial charge in [0.2, 0.25) is 0 Å². The second-order valence-electron chi connectivity index (χ2n) is 6.10. The van der Waals surface area contributed by atoms with Crippen molar-refractivity contribution in [3.05, 3.63) is 34.9 Å². The summed E-state index contributed by atoms with van der Waals surface area (Å²) >= 11 is 0. The lowest BCUT2D eigenvalue weighted by Gasteiger charge is -2.36. The van der Waals surface area contributed by atoms with Gasteiger partial charge in [0, 0.05) is 24.7 Å². The molecule has 1 heterocycles. The molecule has 0 bridgehead atoms. The number of hydrogen-bond donors (Lipinski definition) is 2. The first-order valence-corrected chi connectivity index (χ1v) is 7.47. The van der Waals surface area contributed by atoms with Crippen molar-refractivity contribution in [2.75, 3.05) is 27.2 Å². The Morgan fingerprint density at radius 1 is 1.52 bits per heavy atom. The Hall–Kier alpha value is -1.59. The molecule has 5 heteroatoms. The molecule has 1 aromatic rings. The summed E-state index contributed by atoms with van der Waals surface area (Å²) in [4.78, 5) is 4.83. The highest BCUT2D eigenvalue weighted by molar-refractivity contribution is 5.97. The van der Waals surface area contributed by atoms with Crippen LogP contribution in [-0.4, -0.2) is 54.1 Å². The zero-order valence-corrected chi connectivity index (χ0v) is 13.2. The lowest BCUT2D eigenvalue weighted by molar-refractivity contribution is 0.129. The van der Waals surface area contributed by atoms with Gasteiger partial charge in [0.1, 0.15) is 0 Å². The van der Waals surface area contributed by atoms with Crippen LogP contribution in [0.2, 0.25) is 0 Å². The van der Waals surface area contributed by atoms with Crippen LogP contribution in [0.3, 0.4) is 0 Å². The molecule has 1 saturated heterocycles. The maximum Gasteiger partial charge on any atom is 0.170 e. The highest BCUT2D eigenvalue weighted by Crippen LogP contribution is 2.18. The Bertz CT molecular complexity index is 515. The summed E-state index contributed by atoms with van der Waals surface area (Å²) in [6.07, 6.45) is 2.54. The van der Waals surface area contributed by atoms with Crippen molar-refractivity contribution in [3.63, 3.8) is 0 Å². The fourth-order valence-electron chi connectivity index (χ4n) is 2.99. The number of nitrogens with two attached hydrogens (primary N) is 1. The molecule has 1 fully saturated rings. The summed E-state index contributed by atoms with van der Waals surface area (Å²) in [5.74, 6) is 0.159. The van der Waals surface area contributed by atoms with Crippen molar-refractivity contribution < 1.29 is 5.21 Å². The summed E-state index contributed by atoms with van der Waals surface area (Å²) in [7, 11) is 4.39. The normalized spacial score (nSPS) is 21.0. The van der Waals surface area contributed by atoms with E-state index in [0.717, 1.165) is 18.7 Å². The molecule has 0 spiro atoms. The number of piperidine rings is 1. The molecule has 1 aliphatic heterocycles. The average molecular weight is 290 g/mol. The van der Waals surface area contributed by atoms with E-state index in [-0.39, 0.29) is 5.84 Å². The number of amidine groups is 1. The Kier molecular flexibility index (Phi) is 5.20. The Labute approximate surface area is 127 Å². The standard InChI is InChI=1S/C16H26N4O/c1-12-9-13(16(17)18-21)6-7-14(12)10-20(3)15-5-4-8-19(2)11-15/h6-7,9,15,21H,4-5,8,10-11H2,1-3H3,(H2,17,18). The van der Waals surface area contributed by atoms with Crippen LogP contribution in [0.25, 0.3) is 0 Å². The number of likely N-dealkylation sites (tertiary alicyclic amines) is 1. The molecule has 1 unspecified atom stereocenters. The summed E-state index contributed by atoms with van der Waals surface area (Å²) in [5, 5.41) is 11.8. The third-order valence-electron chi connectivity index (χ3n) is 4.39. The maximum atomic E-state index is 8.74. The van der Waals surface area contributed by atoms with E-state index in [1.165, 1.54) is 30.5 Å². The molecule has 116 valence electrons. The van der Waals surface area contributed by atoms with Crippen molar-refractivity contribution in [1.82, 2.24) is 9.80 Å². The molecule has 0 saturated carbocycles. The number of hydrogen-bond acceptors (Lipinski definition) is 4. The first kappa shape index (κ1) is 15.8. The van der Waals surface area contributed by atoms with Gasteiger partial charge < -0.3 is 15.8 Å². The third kappa shape index (κ3) is 3.95. The smallest absolute Gasteiger partial charge is 0.170 e. The molecule has 0 aliphatic carbocycles. The van der Waals surface area contributed by atoms with Gasteiger partial charge in [0.25, 0.3) is 0 Å². The molecule has 0 aromatic heterocycles. The molecule has 1 aromatic carbocycles. The SMILES string of the molecule is Cc1cc(/C(N)=N/O)ccc1CN(C)C1CCCN(C)C1. The summed E-state index contributed by atoms with van der Waals surface area (Å²) in [6, 6.07) is 6.58. The average Bonchev–Trinajstić information content (AvgIpc) is 2.48. The Morgan fingerprint density at radius 3 is 2.90 bits per heavy atom. The molecule has 21 heavy (non-hydrogen) atoms. The van der Waals surface area contributed by atoms with E-state index in [1.54, 1.807) is 0 Å². The topological polar surface area (TPSA) is 65.1 Å². The van der Waals surface area contributed by atoms with Gasteiger partial charge >= 0.3 is 0 Å². The van der Waals surface area contributed by atoms with Gasteiger partial charge in [-0.3, -0.25) is 4.90 Å². The van der Waals surface area contributed by atoms with Crippen LogP contribution in [0.15, 0.2) is 23.4 Å². The lowest BCUT2D eigenvalue weighted by atomic mass is 10.0. The molecule has 3 N–H and O–H groups in total. The first-order valence-electron chi connectivity index (χ1n) is 7.47. The molecule has 1 aliphatic rings. The van der Waals surface area contributed by atoms with E-state index < -0.39 is 0 Å². The van der Waals surface area contributed by atoms with Crippen molar-refractivity contribution in [2.24, 2.45) is 10.9 Å². The molecule has 0 amide bonds. The summed E-state index contributed by atoms with van der Waals surface area (Å²) in [5.41, 5.74) is 8.86. The molecular formula is C16H26N4O. The minimum absolute atomic E-state index is 0.159. The van der Waals surface area contributed by atoms with Gasteiger partial charge in [-0.2, -0.15) is 0 Å². The van der Waals surface area contributed by atoms with Gasteiger partial charge in [-0.1, -0.05) is 17.3 Å².